The van der Waals surface area contributed by atoms with Crippen molar-refractivity contribution in [3.05, 3.63) is 76.4 Å². The number of unbranched alkanes of at least 4 members (excludes halogenated alkanes) is 8. The van der Waals surface area contributed by atoms with Crippen molar-refractivity contribution in [3.63, 3.8) is 0 Å². The van der Waals surface area contributed by atoms with Crippen LogP contribution in [0.25, 0.3) is 6.08 Å². The van der Waals surface area contributed by atoms with Gasteiger partial charge in [0.25, 0.3) is 5.69 Å². The van der Waals surface area contributed by atoms with Crippen LogP contribution in [-0.4, -0.2) is 42.2 Å². The molecule has 10 heteroatoms. The summed E-state index contributed by atoms with van der Waals surface area (Å²) >= 11 is 0. The van der Waals surface area contributed by atoms with Crippen molar-refractivity contribution < 1.29 is 24.4 Å². The predicted molar refractivity (Wildman–Crippen MR) is 161 cm³/mol. The lowest BCUT2D eigenvalue weighted by molar-refractivity contribution is -0.384. The number of hydrogen-bond acceptors (Lipinski definition) is 8. The molecular formula is C31H40N4O6. The minimum atomic E-state index is -1.16. The van der Waals surface area contributed by atoms with Gasteiger partial charge < -0.3 is 14.7 Å². The Morgan fingerprint density at radius 2 is 1.59 bits per heavy atom. The number of carboxylic acids is 1. The van der Waals surface area contributed by atoms with Crippen LogP contribution in [0.1, 0.15) is 70.3 Å². The molecule has 2 aromatic carbocycles. The molecule has 2 rings (SSSR count). The number of carboxylic acid groups (broad SMARTS) is 1. The minimum absolute atomic E-state index is 0.158. The molecule has 0 aliphatic rings. The van der Waals surface area contributed by atoms with E-state index in [1.165, 1.54) is 62.8 Å². The number of carbonyl (C=O) groups excluding carboxylic acids is 1. The third-order valence-electron chi connectivity index (χ3n) is 6.41. The van der Waals surface area contributed by atoms with Crippen molar-refractivity contribution in [2.75, 3.05) is 25.1 Å². The van der Waals surface area contributed by atoms with Gasteiger partial charge in [-0.3, -0.25) is 10.1 Å². The lowest BCUT2D eigenvalue weighted by atomic mass is 10.1. The number of hydrogen-bond donors (Lipinski definition) is 1. The Morgan fingerprint density at radius 3 is 2.17 bits per heavy atom. The average Bonchev–Trinajstić information content (AvgIpc) is 2.95. The molecule has 0 amide bonds. The number of ether oxygens (including phenoxy) is 1. The molecule has 41 heavy (non-hydrogen) atoms. The van der Waals surface area contributed by atoms with Gasteiger partial charge in [0.05, 0.1) is 22.9 Å². The van der Waals surface area contributed by atoms with Crippen molar-refractivity contribution in [2.24, 2.45) is 10.2 Å². The highest BCUT2D eigenvalue weighted by Crippen LogP contribution is 2.28. The first-order chi connectivity index (χ1) is 19.7. The lowest BCUT2D eigenvalue weighted by Gasteiger charge is -2.19. The number of aliphatic carboxylic acids is 1. The highest BCUT2D eigenvalue weighted by Gasteiger charge is 2.10. The summed E-state index contributed by atoms with van der Waals surface area (Å²) in [6, 6.07) is 11.6. The summed E-state index contributed by atoms with van der Waals surface area (Å²) in [4.78, 5) is 34.9. The third-order valence-corrected chi connectivity index (χ3v) is 6.41. The number of benzene rings is 2. The molecule has 0 saturated carbocycles. The Bertz CT molecular complexity index is 1220. The van der Waals surface area contributed by atoms with Gasteiger partial charge in [-0.1, -0.05) is 51.5 Å². The molecule has 0 spiro atoms. The van der Waals surface area contributed by atoms with Gasteiger partial charge >= 0.3 is 11.9 Å². The topological polar surface area (TPSA) is 135 Å². The van der Waals surface area contributed by atoms with Gasteiger partial charge in [0.15, 0.2) is 0 Å². The first-order valence-electron chi connectivity index (χ1n) is 13.9. The van der Waals surface area contributed by atoms with Crippen LogP contribution in [0.15, 0.2) is 70.9 Å². The zero-order chi connectivity index (χ0) is 30.0. The molecule has 0 atom stereocenters. The fourth-order valence-electron chi connectivity index (χ4n) is 4.03. The first kappa shape index (κ1) is 32.9. The Labute approximate surface area is 241 Å². The van der Waals surface area contributed by atoms with Crippen LogP contribution in [0.2, 0.25) is 0 Å². The number of nitrogens with zero attached hydrogens (tertiary/aromatic N) is 4. The molecule has 0 heterocycles. The van der Waals surface area contributed by atoms with Crippen molar-refractivity contribution in [2.45, 2.75) is 64.7 Å². The standard InChI is InChI=1S/C31H40N4O6/c1-24(2)31(38)41-22-12-10-8-6-4-5-7-9-11-21-34(3)27-16-14-26(15-17-27)32-33-29-19-18-28(35(39)40)23-25(29)13-20-30(36)37/h13-20,23H,1,4-12,21-22H2,2-3H3,(H,36,37). The summed E-state index contributed by atoms with van der Waals surface area (Å²) in [5, 5.41) is 28.4. The Kier molecular flexibility index (Phi) is 14.5. The Morgan fingerprint density at radius 1 is 0.976 bits per heavy atom. The molecule has 0 saturated heterocycles. The Hall–Kier alpha value is -4.34. The second-order valence-corrected chi connectivity index (χ2v) is 9.91. The molecule has 2 aromatic rings. The van der Waals surface area contributed by atoms with E-state index in [0.29, 0.717) is 29.1 Å². The zero-order valence-electron chi connectivity index (χ0n) is 24.0. The molecule has 0 unspecified atom stereocenters. The minimum Gasteiger partial charge on any atom is -0.478 e. The maximum atomic E-state index is 11.3. The normalized spacial score (nSPS) is 11.2. The summed E-state index contributed by atoms with van der Waals surface area (Å²) in [5.74, 6) is -1.47. The molecule has 0 aliphatic heterocycles. The van der Waals surface area contributed by atoms with Crippen LogP contribution >= 0.6 is 0 Å². The summed E-state index contributed by atoms with van der Waals surface area (Å²) in [6.07, 6.45) is 12.5. The number of nitro benzene ring substituents is 1. The van der Waals surface area contributed by atoms with E-state index in [4.69, 9.17) is 9.84 Å². The highest BCUT2D eigenvalue weighted by molar-refractivity contribution is 5.87. The van der Waals surface area contributed by atoms with E-state index in [1.54, 1.807) is 6.92 Å². The summed E-state index contributed by atoms with van der Waals surface area (Å²) in [5.41, 5.74) is 2.59. The third kappa shape index (κ3) is 13.0. The highest BCUT2D eigenvalue weighted by atomic mass is 16.6. The van der Waals surface area contributed by atoms with Gasteiger partial charge in [-0.15, -0.1) is 5.11 Å². The molecule has 0 fully saturated rings. The zero-order valence-corrected chi connectivity index (χ0v) is 24.0. The summed E-state index contributed by atoms with van der Waals surface area (Å²) in [7, 11) is 2.06. The molecule has 0 radical (unpaired) electrons. The number of non-ortho nitro benzene ring substituents is 1. The maximum Gasteiger partial charge on any atom is 0.333 e. The van der Waals surface area contributed by atoms with E-state index < -0.39 is 10.9 Å². The van der Waals surface area contributed by atoms with Crippen LogP contribution in [0, 0.1) is 10.1 Å². The molecule has 10 nitrogen and oxygen atoms in total. The number of esters is 1. The largest absolute Gasteiger partial charge is 0.478 e. The predicted octanol–water partition coefficient (Wildman–Crippen LogP) is 8.17. The number of azo groups is 1. The van der Waals surface area contributed by atoms with Crippen LogP contribution in [-0.2, 0) is 14.3 Å². The summed E-state index contributed by atoms with van der Waals surface area (Å²) in [6.45, 7) is 6.65. The van der Waals surface area contributed by atoms with E-state index in [1.807, 2.05) is 24.3 Å². The van der Waals surface area contributed by atoms with Crippen molar-refractivity contribution in [1.82, 2.24) is 0 Å². The smallest absolute Gasteiger partial charge is 0.333 e. The van der Waals surface area contributed by atoms with E-state index in [-0.39, 0.29) is 11.7 Å². The van der Waals surface area contributed by atoms with E-state index in [0.717, 1.165) is 37.6 Å². The first-order valence-corrected chi connectivity index (χ1v) is 13.9. The van der Waals surface area contributed by atoms with Gasteiger partial charge in [-0.05, 0) is 56.2 Å². The molecule has 220 valence electrons. The van der Waals surface area contributed by atoms with Crippen molar-refractivity contribution in [1.29, 1.82) is 0 Å². The molecular weight excluding hydrogens is 524 g/mol. The van der Waals surface area contributed by atoms with Crippen LogP contribution < -0.4 is 4.90 Å². The average molecular weight is 565 g/mol. The van der Waals surface area contributed by atoms with Gasteiger partial charge in [-0.25, -0.2) is 9.59 Å². The fraction of sp³-hybridized carbons (Fsp3) is 0.419. The molecule has 0 bridgehead atoms. The van der Waals surface area contributed by atoms with Crippen molar-refractivity contribution >= 4 is 40.8 Å². The fourth-order valence-corrected chi connectivity index (χ4v) is 4.03. The number of rotatable bonds is 19. The van der Waals surface area contributed by atoms with Gasteiger partial charge in [0, 0.05) is 48.6 Å². The van der Waals surface area contributed by atoms with Gasteiger partial charge in [0.1, 0.15) is 0 Å². The quantitative estimate of drug-likeness (QED) is 0.0454. The second kappa shape index (κ2) is 18.1. The van der Waals surface area contributed by atoms with Gasteiger partial charge in [0.2, 0.25) is 0 Å². The Balaban J connectivity index is 1.69. The maximum absolute atomic E-state index is 11.3. The number of carbonyl (C=O) groups is 2. The van der Waals surface area contributed by atoms with E-state index in [9.17, 15) is 19.7 Å². The van der Waals surface area contributed by atoms with Crippen LogP contribution in [0.3, 0.4) is 0 Å². The van der Waals surface area contributed by atoms with E-state index in [2.05, 4.69) is 28.8 Å². The molecule has 0 aromatic heterocycles. The molecule has 0 aliphatic carbocycles. The molecule has 1 N–H and O–H groups in total. The van der Waals surface area contributed by atoms with Crippen molar-refractivity contribution in [3.8, 4) is 0 Å². The number of nitro groups is 1. The number of anilines is 1. The second-order valence-electron chi connectivity index (χ2n) is 9.91. The van der Waals surface area contributed by atoms with Crippen LogP contribution in [0.5, 0.6) is 0 Å². The van der Waals surface area contributed by atoms with Gasteiger partial charge in [-0.2, -0.15) is 5.11 Å². The summed E-state index contributed by atoms with van der Waals surface area (Å²) < 4.78 is 5.10. The van der Waals surface area contributed by atoms with Crippen LogP contribution in [0.4, 0.5) is 22.7 Å². The lowest BCUT2D eigenvalue weighted by Crippen LogP contribution is -2.18. The van der Waals surface area contributed by atoms with E-state index >= 15 is 0 Å². The SMILES string of the molecule is C=C(C)C(=O)OCCCCCCCCCCCN(C)c1ccc(N=Nc2ccc([N+](=O)[O-])cc2C=CC(=O)O)cc1. The monoisotopic (exact) mass is 564 g/mol.